The molecule has 4 nitrogen and oxygen atoms in total. The third kappa shape index (κ3) is 16.9. The Morgan fingerprint density at radius 2 is 1.52 bits per heavy atom. The normalized spacial score (nSPS) is 12.2. The second kappa shape index (κ2) is 22.6. The molecule has 0 unspecified atom stereocenters. The van der Waals surface area contributed by atoms with E-state index in [1.54, 1.807) is 12.1 Å². The molecule has 0 atom stereocenters. The van der Waals surface area contributed by atoms with E-state index >= 15 is 0 Å². The van der Waals surface area contributed by atoms with E-state index in [1.807, 2.05) is 33.8 Å². The molecule has 0 aliphatic carbocycles. The van der Waals surface area contributed by atoms with Crippen LogP contribution in [-0.4, -0.2) is 15.9 Å². The Morgan fingerprint density at radius 3 is 1.90 bits per heavy atom. The minimum atomic E-state index is -0.494. The van der Waals surface area contributed by atoms with Crippen molar-refractivity contribution >= 4 is 28.5 Å². The predicted molar refractivity (Wildman–Crippen MR) is 225 cm³/mol. The van der Waals surface area contributed by atoms with Crippen LogP contribution in [0.4, 0.5) is 4.39 Å². The summed E-state index contributed by atoms with van der Waals surface area (Å²) in [6.45, 7) is 38.7. The second-order valence-electron chi connectivity index (χ2n) is 16.1. The molecule has 2 heterocycles. The first-order valence-corrected chi connectivity index (χ1v) is 19.2. The number of benzene rings is 1. The van der Waals surface area contributed by atoms with E-state index in [-0.39, 0.29) is 27.9 Å². The molecular weight excluding hydrogens is 669 g/mol. The first kappa shape index (κ1) is 48.6. The fraction of sp³-hybridized carbons (Fsp3) is 0.522. The number of nitrogens with zero attached hydrogens (tertiary/aromatic N) is 1. The summed E-state index contributed by atoms with van der Waals surface area (Å²) < 4.78 is 19.8. The van der Waals surface area contributed by atoms with Crippen LogP contribution < -0.4 is 0 Å². The molecule has 0 fully saturated rings. The highest BCUT2D eigenvalue weighted by Crippen LogP contribution is 2.35. The van der Waals surface area contributed by atoms with Gasteiger partial charge in [0.1, 0.15) is 17.1 Å². The SMILES string of the molecule is C=C(C)/C(C(=C)O)=C(C)\C=C(\C)CCC.CC(C)C(=O)c1cc2nc(-c3ccc(Cl)c(F)c3)cc(C(C)(C)C)c2o1.CCCC.CCCC(C)(C)C. The Labute approximate surface area is 321 Å². The summed E-state index contributed by atoms with van der Waals surface area (Å²) in [6.07, 6.45) is 9.60. The van der Waals surface area contributed by atoms with Gasteiger partial charge in [-0.2, -0.15) is 0 Å². The molecule has 290 valence electrons. The van der Waals surface area contributed by atoms with Crippen LogP contribution in [0.3, 0.4) is 0 Å². The zero-order valence-corrected chi connectivity index (χ0v) is 35.9. The van der Waals surface area contributed by atoms with Gasteiger partial charge in [0.25, 0.3) is 0 Å². The number of halogens is 2. The van der Waals surface area contributed by atoms with Gasteiger partial charge in [0.05, 0.1) is 10.7 Å². The summed E-state index contributed by atoms with van der Waals surface area (Å²) in [5.74, 6) is -0.334. The number of aromatic nitrogens is 1. The molecule has 1 aromatic carbocycles. The third-order valence-electron chi connectivity index (χ3n) is 7.99. The van der Waals surface area contributed by atoms with Crippen LogP contribution in [0, 0.1) is 17.2 Å². The number of fused-ring (bicyclic) bond motifs is 1. The highest BCUT2D eigenvalue weighted by atomic mass is 35.5. The van der Waals surface area contributed by atoms with E-state index in [4.69, 9.17) is 16.0 Å². The fourth-order valence-electron chi connectivity index (χ4n) is 5.26. The summed E-state index contributed by atoms with van der Waals surface area (Å²) >= 11 is 5.79. The van der Waals surface area contributed by atoms with Crippen LogP contribution in [0.1, 0.15) is 158 Å². The first-order valence-electron chi connectivity index (χ1n) is 18.8. The van der Waals surface area contributed by atoms with Crippen LogP contribution in [-0.2, 0) is 5.41 Å². The number of hydrogen-bond donors (Lipinski definition) is 1. The molecule has 1 N–H and O–H groups in total. The number of pyridine rings is 1. The van der Waals surface area contributed by atoms with E-state index in [2.05, 4.69) is 100 Å². The van der Waals surface area contributed by atoms with E-state index in [1.165, 1.54) is 43.4 Å². The number of hydrogen-bond acceptors (Lipinski definition) is 4. The summed E-state index contributed by atoms with van der Waals surface area (Å²) in [5.41, 5.74) is 7.61. The summed E-state index contributed by atoms with van der Waals surface area (Å²) in [4.78, 5) is 16.9. The molecule has 0 saturated heterocycles. The zero-order valence-electron chi connectivity index (χ0n) is 35.2. The fourth-order valence-corrected chi connectivity index (χ4v) is 5.37. The Morgan fingerprint density at radius 1 is 0.942 bits per heavy atom. The van der Waals surface area contributed by atoms with Crippen LogP contribution in [0.2, 0.25) is 5.02 Å². The Balaban J connectivity index is 0.000000842. The van der Waals surface area contributed by atoms with E-state index < -0.39 is 5.82 Å². The van der Waals surface area contributed by atoms with Crippen LogP contribution in [0.25, 0.3) is 22.4 Å². The minimum Gasteiger partial charge on any atom is -0.508 e. The average Bonchev–Trinajstić information content (AvgIpc) is 3.45. The highest BCUT2D eigenvalue weighted by Gasteiger charge is 2.25. The van der Waals surface area contributed by atoms with Crippen molar-refractivity contribution in [3.8, 4) is 11.3 Å². The maximum Gasteiger partial charge on any atom is 0.200 e. The van der Waals surface area contributed by atoms with Gasteiger partial charge in [0, 0.05) is 28.7 Å². The topological polar surface area (TPSA) is 63.3 Å². The molecule has 0 spiro atoms. The number of carbonyl (C=O) groups is 1. The molecular formula is C46H69ClFNO3. The number of unbranched alkanes of at least 4 members (excludes halogenated alkanes) is 1. The predicted octanol–water partition coefficient (Wildman–Crippen LogP) is 15.8. The lowest BCUT2D eigenvalue weighted by Gasteiger charge is -2.20. The number of ketones is 1. The van der Waals surface area contributed by atoms with Crippen molar-refractivity contribution in [2.75, 3.05) is 0 Å². The van der Waals surface area contributed by atoms with Gasteiger partial charge in [0.2, 0.25) is 5.78 Å². The Hall–Kier alpha value is -3.44. The number of allylic oxidation sites excluding steroid dienone is 4. The van der Waals surface area contributed by atoms with Crippen molar-refractivity contribution in [3.05, 3.63) is 99.8 Å². The lowest BCUT2D eigenvalue weighted by Crippen LogP contribution is -2.12. The van der Waals surface area contributed by atoms with Crippen molar-refractivity contribution in [2.45, 2.75) is 148 Å². The molecule has 3 aromatic rings. The highest BCUT2D eigenvalue weighted by molar-refractivity contribution is 6.30. The largest absolute Gasteiger partial charge is 0.508 e. The third-order valence-corrected chi connectivity index (χ3v) is 8.29. The molecule has 3 rings (SSSR count). The average molecular weight is 739 g/mol. The number of carbonyl (C=O) groups excluding carboxylic acids is 1. The minimum absolute atomic E-state index is 0.0676. The number of aliphatic hydroxyl groups excluding tert-OH is 1. The van der Waals surface area contributed by atoms with Crippen LogP contribution >= 0.6 is 11.6 Å². The van der Waals surface area contributed by atoms with Gasteiger partial charge in [-0.05, 0) is 73.8 Å². The van der Waals surface area contributed by atoms with E-state index in [0.29, 0.717) is 33.5 Å². The summed E-state index contributed by atoms with van der Waals surface area (Å²) in [6, 6.07) is 8.16. The lowest BCUT2D eigenvalue weighted by molar-refractivity contribution is 0.0913. The first-order chi connectivity index (χ1) is 23.9. The quantitative estimate of drug-likeness (QED) is 0.128. The van der Waals surface area contributed by atoms with Crippen molar-refractivity contribution in [2.24, 2.45) is 11.3 Å². The van der Waals surface area contributed by atoms with E-state index in [0.717, 1.165) is 35.1 Å². The zero-order chi connectivity index (χ0) is 40.6. The standard InChI is InChI=1S/C21H21ClFNO2.C14H22O.C7H16.C4H10/c1-11(2)19(25)18-10-17-20(26-18)13(21(3,4)5)9-16(24-17)12-6-7-14(22)15(23)8-12;1-7-8-11(4)9-12(5)14(10(2)3)13(6)15;1-5-6-7(2,3)4;1-3-4-2/h6-11H,1-5H3;9,15H,2,6-8H2,1,3-5H3;5-6H2,1-4H3;3-4H2,1-2H3/b;11-9-,14-12+;;. The van der Waals surface area contributed by atoms with Gasteiger partial charge in [-0.15, -0.1) is 0 Å². The van der Waals surface area contributed by atoms with Crippen LogP contribution in [0.5, 0.6) is 0 Å². The molecule has 0 radical (unpaired) electrons. The van der Waals surface area contributed by atoms with Gasteiger partial charge in [0.15, 0.2) is 11.3 Å². The van der Waals surface area contributed by atoms with Crippen LogP contribution in [0.15, 0.2) is 82.0 Å². The maximum atomic E-state index is 13.9. The van der Waals surface area contributed by atoms with Gasteiger partial charge >= 0.3 is 0 Å². The monoisotopic (exact) mass is 737 g/mol. The van der Waals surface area contributed by atoms with Gasteiger partial charge < -0.3 is 9.52 Å². The molecule has 6 heteroatoms. The van der Waals surface area contributed by atoms with Gasteiger partial charge in [-0.1, -0.05) is 151 Å². The number of Topliss-reactive ketones (excluding diaryl/α,β-unsaturated/α-hetero) is 1. The number of aliphatic hydroxyl groups is 1. The van der Waals surface area contributed by atoms with Crippen molar-refractivity contribution in [1.82, 2.24) is 4.98 Å². The van der Waals surface area contributed by atoms with Crippen molar-refractivity contribution < 1.29 is 18.7 Å². The van der Waals surface area contributed by atoms with Gasteiger partial charge in [-0.3, -0.25) is 4.79 Å². The second-order valence-corrected chi connectivity index (χ2v) is 16.5. The number of furan rings is 1. The Bertz CT molecular complexity index is 1660. The molecule has 0 aliphatic heterocycles. The molecule has 0 bridgehead atoms. The smallest absolute Gasteiger partial charge is 0.200 e. The summed E-state index contributed by atoms with van der Waals surface area (Å²) in [5, 5.41) is 9.52. The van der Waals surface area contributed by atoms with Gasteiger partial charge in [-0.25, -0.2) is 9.37 Å². The van der Waals surface area contributed by atoms with Crippen molar-refractivity contribution in [3.63, 3.8) is 0 Å². The molecule has 52 heavy (non-hydrogen) atoms. The Kier molecular flexibility index (Phi) is 21.1. The van der Waals surface area contributed by atoms with E-state index in [9.17, 15) is 14.3 Å². The molecule has 2 aromatic heterocycles. The maximum absolute atomic E-state index is 13.9. The molecule has 0 aliphatic rings. The molecule has 0 saturated carbocycles. The summed E-state index contributed by atoms with van der Waals surface area (Å²) in [7, 11) is 0. The molecule has 0 amide bonds. The lowest BCUT2D eigenvalue weighted by atomic mass is 9.86. The number of rotatable bonds is 10. The van der Waals surface area contributed by atoms with Crippen molar-refractivity contribution in [1.29, 1.82) is 0 Å².